The van der Waals surface area contributed by atoms with E-state index in [1.807, 2.05) is 18.2 Å². The van der Waals surface area contributed by atoms with E-state index in [0.29, 0.717) is 5.92 Å². The molecule has 2 aliphatic rings. The van der Waals surface area contributed by atoms with Crippen molar-refractivity contribution >= 4 is 6.21 Å². The van der Waals surface area contributed by atoms with E-state index in [1.165, 1.54) is 0 Å². The van der Waals surface area contributed by atoms with Gasteiger partial charge in [-0.1, -0.05) is 12.2 Å². The number of hydrogen-bond acceptors (Lipinski definition) is 2. The maximum atomic E-state index is 9.05. The monoisotopic (exact) mass is 161 g/mol. The lowest BCUT2D eigenvalue weighted by molar-refractivity contribution is 0.317. The van der Waals surface area contributed by atoms with Gasteiger partial charge in [-0.25, -0.2) is 0 Å². The van der Waals surface area contributed by atoms with Crippen LogP contribution in [-0.4, -0.2) is 17.9 Å². The first-order valence-corrected chi connectivity index (χ1v) is 4.12. The van der Waals surface area contributed by atoms with Crippen LogP contribution in [0.2, 0.25) is 0 Å². The number of dihydropyridines is 1. The Morgan fingerprint density at radius 3 is 3.25 bits per heavy atom. The summed E-state index contributed by atoms with van der Waals surface area (Å²) in [6.45, 7) is 0.141. The van der Waals surface area contributed by atoms with Crippen LogP contribution in [0.3, 0.4) is 0 Å². The van der Waals surface area contributed by atoms with Gasteiger partial charge in [0.1, 0.15) is 0 Å². The van der Waals surface area contributed by atoms with Gasteiger partial charge in [0.25, 0.3) is 0 Å². The lowest BCUT2D eigenvalue weighted by Crippen LogP contribution is -2.14. The molecule has 0 spiro atoms. The average Bonchev–Trinajstić information content (AvgIpc) is 2.17. The van der Waals surface area contributed by atoms with Crippen LogP contribution in [0.25, 0.3) is 0 Å². The molecular formula is C10H11NO. The number of hydrogen-bond donors (Lipinski definition) is 1. The van der Waals surface area contributed by atoms with Crippen LogP contribution in [0.5, 0.6) is 0 Å². The average molecular weight is 161 g/mol. The molecular weight excluding hydrogens is 150 g/mol. The third-order valence-electron chi connectivity index (χ3n) is 2.27. The first-order valence-electron chi connectivity index (χ1n) is 4.12. The minimum atomic E-state index is 0.141. The Morgan fingerprint density at radius 2 is 2.42 bits per heavy atom. The van der Waals surface area contributed by atoms with E-state index in [1.54, 1.807) is 6.21 Å². The minimum Gasteiger partial charge on any atom is -0.392 e. The van der Waals surface area contributed by atoms with Crippen molar-refractivity contribution in [3.63, 3.8) is 0 Å². The summed E-state index contributed by atoms with van der Waals surface area (Å²) < 4.78 is 0. The first-order chi connectivity index (χ1) is 5.92. The summed E-state index contributed by atoms with van der Waals surface area (Å²) in [5, 5.41) is 9.05. The van der Waals surface area contributed by atoms with Gasteiger partial charge in [0.2, 0.25) is 0 Å². The molecule has 0 radical (unpaired) electrons. The van der Waals surface area contributed by atoms with Crippen molar-refractivity contribution in [2.75, 3.05) is 6.61 Å². The quantitative estimate of drug-likeness (QED) is 0.620. The molecule has 1 atom stereocenters. The molecule has 1 heterocycles. The van der Waals surface area contributed by atoms with Gasteiger partial charge in [0, 0.05) is 17.8 Å². The second-order valence-electron chi connectivity index (χ2n) is 2.99. The minimum absolute atomic E-state index is 0.141. The molecule has 0 saturated heterocycles. The first kappa shape index (κ1) is 7.50. The van der Waals surface area contributed by atoms with Crippen LogP contribution >= 0.6 is 0 Å². The van der Waals surface area contributed by atoms with Crippen LogP contribution in [0.1, 0.15) is 6.42 Å². The van der Waals surface area contributed by atoms with E-state index in [2.05, 4.69) is 11.1 Å². The van der Waals surface area contributed by atoms with Gasteiger partial charge in [-0.3, -0.25) is 4.99 Å². The van der Waals surface area contributed by atoms with Gasteiger partial charge in [-0.15, -0.1) is 0 Å². The van der Waals surface area contributed by atoms with Crippen molar-refractivity contribution in [3.05, 3.63) is 35.6 Å². The zero-order chi connectivity index (χ0) is 8.39. The molecule has 12 heavy (non-hydrogen) atoms. The summed E-state index contributed by atoms with van der Waals surface area (Å²) in [5.74, 6) is 0.324. The molecule has 62 valence electrons. The Labute approximate surface area is 71.6 Å². The van der Waals surface area contributed by atoms with Crippen molar-refractivity contribution in [3.8, 4) is 0 Å². The highest BCUT2D eigenvalue weighted by Crippen LogP contribution is 2.30. The highest BCUT2D eigenvalue weighted by Gasteiger charge is 2.20. The van der Waals surface area contributed by atoms with Gasteiger partial charge < -0.3 is 5.11 Å². The van der Waals surface area contributed by atoms with E-state index in [-0.39, 0.29) is 6.61 Å². The standard InChI is InChI=1S/C10H11NO/c12-7-8-5-6-11-10-4-2-1-3-9(8)10/h1-2,4-6,9,12H,3,7H2/t9-/m1/s1. The molecule has 0 aromatic rings. The third kappa shape index (κ3) is 1.14. The topological polar surface area (TPSA) is 32.6 Å². The van der Waals surface area contributed by atoms with Crippen molar-refractivity contribution < 1.29 is 5.11 Å². The van der Waals surface area contributed by atoms with Crippen LogP contribution in [0, 0.1) is 5.92 Å². The van der Waals surface area contributed by atoms with Gasteiger partial charge in [0.05, 0.1) is 6.61 Å². The van der Waals surface area contributed by atoms with E-state index < -0.39 is 0 Å². The normalized spacial score (nSPS) is 26.2. The SMILES string of the molecule is OCC1=CC=NC2=CC=CC[C@H]12. The largest absolute Gasteiger partial charge is 0.392 e. The predicted octanol–water partition coefficient (Wildman–Crippen LogP) is 1.45. The van der Waals surface area contributed by atoms with Crippen LogP contribution in [0.15, 0.2) is 40.6 Å². The van der Waals surface area contributed by atoms with E-state index in [4.69, 9.17) is 5.11 Å². The highest BCUT2D eigenvalue weighted by atomic mass is 16.3. The molecule has 1 N–H and O–H groups in total. The molecule has 0 amide bonds. The lowest BCUT2D eigenvalue weighted by Gasteiger charge is -2.22. The number of allylic oxidation sites excluding steroid dienone is 5. The third-order valence-corrected chi connectivity index (χ3v) is 2.27. The Bertz CT molecular complexity index is 297. The van der Waals surface area contributed by atoms with Gasteiger partial charge in [0.15, 0.2) is 0 Å². The molecule has 1 aliphatic carbocycles. The van der Waals surface area contributed by atoms with Crippen LogP contribution in [-0.2, 0) is 0 Å². The smallest absolute Gasteiger partial charge is 0.0652 e. The summed E-state index contributed by atoms with van der Waals surface area (Å²) in [7, 11) is 0. The molecule has 0 fully saturated rings. The van der Waals surface area contributed by atoms with E-state index in [9.17, 15) is 0 Å². The number of rotatable bonds is 1. The molecule has 0 unspecified atom stereocenters. The van der Waals surface area contributed by atoms with Gasteiger partial charge in [-0.05, 0) is 24.1 Å². The van der Waals surface area contributed by atoms with E-state index >= 15 is 0 Å². The molecule has 1 aliphatic heterocycles. The van der Waals surface area contributed by atoms with Crippen LogP contribution < -0.4 is 0 Å². The summed E-state index contributed by atoms with van der Waals surface area (Å²) >= 11 is 0. The second kappa shape index (κ2) is 3.07. The molecule has 0 bridgehead atoms. The molecule has 2 rings (SSSR count). The fourth-order valence-corrected chi connectivity index (χ4v) is 1.59. The molecule has 0 aromatic carbocycles. The summed E-state index contributed by atoms with van der Waals surface area (Å²) in [4.78, 5) is 4.25. The fraction of sp³-hybridized carbons (Fsp3) is 0.300. The predicted molar refractivity (Wildman–Crippen MR) is 49.0 cm³/mol. The molecule has 0 saturated carbocycles. The van der Waals surface area contributed by atoms with E-state index in [0.717, 1.165) is 17.7 Å². The fourth-order valence-electron chi connectivity index (χ4n) is 1.59. The van der Waals surface area contributed by atoms with Crippen molar-refractivity contribution in [1.82, 2.24) is 0 Å². The highest BCUT2D eigenvalue weighted by molar-refractivity contribution is 5.76. The number of nitrogens with zero attached hydrogens (tertiary/aromatic N) is 1. The van der Waals surface area contributed by atoms with Crippen molar-refractivity contribution in [1.29, 1.82) is 0 Å². The van der Waals surface area contributed by atoms with Crippen LogP contribution in [0.4, 0.5) is 0 Å². The van der Waals surface area contributed by atoms with Gasteiger partial charge >= 0.3 is 0 Å². The number of aliphatic hydroxyl groups excluding tert-OH is 1. The Morgan fingerprint density at radius 1 is 1.50 bits per heavy atom. The summed E-state index contributed by atoms with van der Waals surface area (Å²) in [5.41, 5.74) is 2.14. The number of aliphatic imine (C=N–C) groups is 1. The maximum Gasteiger partial charge on any atom is 0.0652 e. The summed E-state index contributed by atoms with van der Waals surface area (Å²) in [6, 6.07) is 0. The molecule has 2 nitrogen and oxygen atoms in total. The Kier molecular flexibility index (Phi) is 1.92. The second-order valence-corrected chi connectivity index (χ2v) is 2.99. The number of aliphatic hydroxyl groups is 1. The zero-order valence-corrected chi connectivity index (χ0v) is 6.77. The lowest BCUT2D eigenvalue weighted by atomic mass is 9.88. The van der Waals surface area contributed by atoms with Crippen molar-refractivity contribution in [2.24, 2.45) is 10.9 Å². The molecule has 0 aromatic heterocycles. The Balaban J connectivity index is 2.32. The number of fused-ring (bicyclic) bond motifs is 1. The van der Waals surface area contributed by atoms with Crippen molar-refractivity contribution in [2.45, 2.75) is 6.42 Å². The molecule has 2 heteroatoms. The Hall–Kier alpha value is -1.15. The summed E-state index contributed by atoms with van der Waals surface area (Å²) in [6.07, 6.45) is 10.8. The maximum absolute atomic E-state index is 9.05. The zero-order valence-electron chi connectivity index (χ0n) is 6.77. The van der Waals surface area contributed by atoms with Gasteiger partial charge in [-0.2, -0.15) is 0 Å².